The first-order valence-corrected chi connectivity index (χ1v) is 7.14. The minimum absolute atomic E-state index is 0.0965. The molecule has 0 bridgehead atoms. The van der Waals surface area contributed by atoms with E-state index in [1.54, 1.807) is 17.0 Å². The van der Waals surface area contributed by atoms with Crippen molar-refractivity contribution in [1.29, 1.82) is 0 Å². The maximum absolute atomic E-state index is 13.7. The number of hydrogen-bond donors (Lipinski definition) is 1. The average Bonchev–Trinajstić information content (AvgIpc) is 2.38. The summed E-state index contributed by atoms with van der Waals surface area (Å²) in [5.74, 6) is -0.335. The van der Waals surface area contributed by atoms with Gasteiger partial charge in [-0.05, 0) is 24.5 Å². The predicted molar refractivity (Wildman–Crippen MR) is 83.2 cm³/mol. The molecule has 0 aliphatic rings. The van der Waals surface area contributed by atoms with Crippen LogP contribution in [0.1, 0.15) is 37.0 Å². The standard InChI is InChI=1S/C15H21FN2OS/c1-11(2)7-9-18(10-8-14(17)20)15(19)12-5-3-4-6-13(12)16/h3-6,11H,7-10H2,1-2H3,(H2,17,20). The van der Waals surface area contributed by atoms with Gasteiger partial charge in [-0.25, -0.2) is 4.39 Å². The van der Waals surface area contributed by atoms with Gasteiger partial charge in [-0.3, -0.25) is 4.79 Å². The fourth-order valence-corrected chi connectivity index (χ4v) is 1.87. The molecule has 1 rings (SSSR count). The van der Waals surface area contributed by atoms with Crippen LogP contribution in [-0.2, 0) is 0 Å². The smallest absolute Gasteiger partial charge is 0.256 e. The molecule has 0 spiro atoms. The highest BCUT2D eigenvalue weighted by Crippen LogP contribution is 2.12. The van der Waals surface area contributed by atoms with Crippen LogP contribution < -0.4 is 5.73 Å². The van der Waals surface area contributed by atoms with Crippen molar-refractivity contribution < 1.29 is 9.18 Å². The molecule has 1 aromatic rings. The van der Waals surface area contributed by atoms with Crippen molar-refractivity contribution in [2.45, 2.75) is 26.7 Å². The zero-order valence-electron chi connectivity index (χ0n) is 11.9. The number of thiocarbonyl (C=S) groups is 1. The average molecular weight is 296 g/mol. The Kier molecular flexibility index (Phi) is 6.58. The predicted octanol–water partition coefficient (Wildman–Crippen LogP) is 2.99. The van der Waals surface area contributed by atoms with E-state index < -0.39 is 5.82 Å². The molecule has 0 saturated heterocycles. The molecule has 2 N–H and O–H groups in total. The van der Waals surface area contributed by atoms with Crippen molar-refractivity contribution in [3.05, 3.63) is 35.6 Å². The largest absolute Gasteiger partial charge is 0.393 e. The Labute approximate surface area is 125 Å². The van der Waals surface area contributed by atoms with E-state index in [9.17, 15) is 9.18 Å². The number of carbonyl (C=O) groups is 1. The summed E-state index contributed by atoms with van der Waals surface area (Å²) in [5.41, 5.74) is 5.58. The lowest BCUT2D eigenvalue weighted by atomic mass is 10.1. The van der Waals surface area contributed by atoms with Crippen molar-refractivity contribution in [2.24, 2.45) is 11.7 Å². The number of carbonyl (C=O) groups excluding carboxylic acids is 1. The Morgan fingerprint density at radius 2 is 2.00 bits per heavy atom. The third-order valence-corrected chi connectivity index (χ3v) is 3.20. The van der Waals surface area contributed by atoms with Crippen LogP contribution in [0.5, 0.6) is 0 Å². The van der Waals surface area contributed by atoms with Gasteiger partial charge in [0, 0.05) is 19.5 Å². The summed E-state index contributed by atoms with van der Waals surface area (Å²) < 4.78 is 13.7. The Balaban J connectivity index is 2.82. The first kappa shape index (κ1) is 16.6. The normalized spacial score (nSPS) is 10.6. The van der Waals surface area contributed by atoms with Gasteiger partial charge in [0.05, 0.1) is 10.6 Å². The second-order valence-electron chi connectivity index (χ2n) is 5.17. The monoisotopic (exact) mass is 296 g/mol. The molecule has 0 atom stereocenters. The maximum Gasteiger partial charge on any atom is 0.256 e. The Morgan fingerprint density at radius 3 is 2.55 bits per heavy atom. The number of halogens is 1. The molecule has 1 amide bonds. The van der Waals surface area contributed by atoms with E-state index >= 15 is 0 Å². The van der Waals surface area contributed by atoms with Crippen molar-refractivity contribution in [1.82, 2.24) is 4.90 Å². The molecular formula is C15H21FN2OS. The number of amides is 1. The van der Waals surface area contributed by atoms with Gasteiger partial charge in [0.15, 0.2) is 0 Å². The summed E-state index contributed by atoms with van der Waals surface area (Å²) in [6.45, 7) is 5.17. The van der Waals surface area contributed by atoms with Gasteiger partial charge in [-0.1, -0.05) is 38.2 Å². The molecule has 0 unspecified atom stereocenters. The van der Waals surface area contributed by atoms with Crippen molar-refractivity contribution in [3.63, 3.8) is 0 Å². The van der Waals surface area contributed by atoms with Gasteiger partial charge >= 0.3 is 0 Å². The highest BCUT2D eigenvalue weighted by atomic mass is 32.1. The van der Waals surface area contributed by atoms with Gasteiger partial charge in [0.25, 0.3) is 5.91 Å². The van der Waals surface area contributed by atoms with Crippen LogP contribution in [0.25, 0.3) is 0 Å². The number of benzene rings is 1. The van der Waals surface area contributed by atoms with Crippen LogP contribution in [0.3, 0.4) is 0 Å². The van der Waals surface area contributed by atoms with Crippen LogP contribution in [0.4, 0.5) is 4.39 Å². The zero-order chi connectivity index (χ0) is 15.1. The van der Waals surface area contributed by atoms with Gasteiger partial charge in [-0.15, -0.1) is 0 Å². The zero-order valence-corrected chi connectivity index (χ0v) is 12.8. The lowest BCUT2D eigenvalue weighted by molar-refractivity contribution is 0.0748. The molecule has 0 fully saturated rings. The summed E-state index contributed by atoms with van der Waals surface area (Å²) in [6, 6.07) is 6.02. The number of hydrogen-bond acceptors (Lipinski definition) is 2. The van der Waals surface area contributed by atoms with Crippen LogP contribution >= 0.6 is 12.2 Å². The molecule has 0 aliphatic heterocycles. The topological polar surface area (TPSA) is 46.3 Å². The van der Waals surface area contributed by atoms with Crippen LogP contribution in [0.2, 0.25) is 0 Å². The number of nitrogens with zero attached hydrogens (tertiary/aromatic N) is 1. The van der Waals surface area contributed by atoms with E-state index in [0.29, 0.717) is 30.4 Å². The maximum atomic E-state index is 13.7. The van der Waals surface area contributed by atoms with Crippen LogP contribution in [0, 0.1) is 11.7 Å². The molecule has 0 heterocycles. The highest BCUT2D eigenvalue weighted by molar-refractivity contribution is 7.80. The summed E-state index contributed by atoms with van der Waals surface area (Å²) >= 11 is 4.84. The SMILES string of the molecule is CC(C)CCN(CCC(N)=S)C(=O)c1ccccc1F. The van der Waals surface area contributed by atoms with Gasteiger partial charge in [-0.2, -0.15) is 0 Å². The molecule has 20 heavy (non-hydrogen) atoms. The first-order valence-electron chi connectivity index (χ1n) is 6.74. The lowest BCUT2D eigenvalue weighted by Gasteiger charge is -2.23. The van der Waals surface area contributed by atoms with Crippen LogP contribution in [0.15, 0.2) is 24.3 Å². The molecular weight excluding hydrogens is 275 g/mol. The molecule has 1 aromatic carbocycles. The molecule has 3 nitrogen and oxygen atoms in total. The molecule has 0 saturated carbocycles. The Morgan fingerprint density at radius 1 is 1.35 bits per heavy atom. The van der Waals surface area contributed by atoms with Crippen molar-refractivity contribution in [2.75, 3.05) is 13.1 Å². The fourth-order valence-electron chi connectivity index (χ4n) is 1.78. The van der Waals surface area contributed by atoms with Crippen molar-refractivity contribution in [3.8, 4) is 0 Å². The fraction of sp³-hybridized carbons (Fsp3) is 0.467. The molecule has 0 aliphatic carbocycles. The summed E-state index contributed by atoms with van der Waals surface area (Å²) in [6.07, 6.45) is 1.31. The summed E-state index contributed by atoms with van der Waals surface area (Å²) in [7, 11) is 0. The van der Waals surface area contributed by atoms with Gasteiger partial charge < -0.3 is 10.6 Å². The van der Waals surface area contributed by atoms with E-state index in [4.69, 9.17) is 18.0 Å². The van der Waals surface area contributed by atoms with E-state index in [0.717, 1.165) is 6.42 Å². The van der Waals surface area contributed by atoms with E-state index in [1.165, 1.54) is 12.1 Å². The minimum Gasteiger partial charge on any atom is -0.393 e. The lowest BCUT2D eigenvalue weighted by Crippen LogP contribution is -2.35. The molecule has 5 heteroatoms. The van der Waals surface area contributed by atoms with Crippen molar-refractivity contribution >= 4 is 23.1 Å². The summed E-state index contributed by atoms with van der Waals surface area (Å²) in [5, 5.41) is 0. The van der Waals surface area contributed by atoms with Gasteiger partial charge in [0.1, 0.15) is 5.82 Å². The van der Waals surface area contributed by atoms with E-state index in [2.05, 4.69) is 13.8 Å². The third-order valence-electron chi connectivity index (χ3n) is 3.00. The van der Waals surface area contributed by atoms with Crippen LogP contribution in [-0.4, -0.2) is 28.9 Å². The second-order valence-corrected chi connectivity index (χ2v) is 5.70. The molecule has 110 valence electrons. The third kappa shape index (κ3) is 5.25. The Hall–Kier alpha value is -1.49. The Bertz CT molecular complexity index is 477. The molecule has 0 aromatic heterocycles. The quantitative estimate of drug-likeness (QED) is 0.787. The minimum atomic E-state index is -0.498. The van der Waals surface area contributed by atoms with E-state index in [1.807, 2.05) is 0 Å². The van der Waals surface area contributed by atoms with Gasteiger partial charge in [0.2, 0.25) is 0 Å². The first-order chi connectivity index (χ1) is 9.41. The van der Waals surface area contributed by atoms with E-state index in [-0.39, 0.29) is 11.5 Å². The second kappa shape index (κ2) is 7.94. The number of rotatable bonds is 7. The number of nitrogens with two attached hydrogens (primary N) is 1. The summed E-state index contributed by atoms with van der Waals surface area (Å²) in [4.78, 5) is 14.4. The highest BCUT2D eigenvalue weighted by Gasteiger charge is 2.19. The molecule has 0 radical (unpaired) electrons.